The molecule has 0 aliphatic rings. The maximum absolute atomic E-state index is 11.1. The number of aromatic hydroxyl groups is 1. The van der Waals surface area contributed by atoms with Crippen molar-refractivity contribution >= 4 is 22.4 Å². The van der Waals surface area contributed by atoms with Crippen LogP contribution in [0, 0.1) is 6.92 Å². The quantitative estimate of drug-likeness (QED) is 0.537. The number of nitrogens with zero attached hydrogens (tertiary/aromatic N) is 2. The van der Waals surface area contributed by atoms with Gasteiger partial charge in [0.25, 0.3) is 5.82 Å². The first-order valence-electron chi connectivity index (χ1n) is 9.62. The number of pyridine rings is 2. The summed E-state index contributed by atoms with van der Waals surface area (Å²) in [6.07, 6.45) is 1.87. The number of aryl methyl sites for hydroxylation is 1. The molecule has 1 atom stereocenters. The number of phenols is 1. The lowest BCUT2D eigenvalue weighted by molar-refractivity contribution is -0.361. The van der Waals surface area contributed by atoms with Gasteiger partial charge in [-0.1, -0.05) is 30.3 Å². The molecule has 4 aromatic rings. The number of aromatic nitrogens is 2. The van der Waals surface area contributed by atoms with Crippen LogP contribution in [0.3, 0.4) is 0 Å². The Morgan fingerprint density at radius 2 is 1.72 bits per heavy atom. The van der Waals surface area contributed by atoms with Crippen LogP contribution < -0.4 is 15.2 Å². The van der Waals surface area contributed by atoms with Crippen molar-refractivity contribution in [1.82, 2.24) is 4.98 Å². The van der Waals surface area contributed by atoms with Gasteiger partial charge in [-0.2, -0.15) is 0 Å². The number of H-pyrrole nitrogens is 1. The fourth-order valence-corrected chi connectivity index (χ4v) is 3.46. The molecule has 3 N–H and O–H groups in total. The van der Waals surface area contributed by atoms with Crippen LogP contribution in [0.2, 0.25) is 0 Å². The first-order valence-corrected chi connectivity index (χ1v) is 9.62. The molecule has 0 aliphatic heterocycles. The number of anilines is 2. The lowest BCUT2D eigenvalue weighted by atomic mass is 9.96. The Morgan fingerprint density at radius 3 is 2.41 bits per heavy atom. The number of phenolic OH excluding ortho intramolecular Hbond substituents is 1. The fraction of sp³-hybridized carbons (Fsp3) is 0.167. The van der Waals surface area contributed by atoms with Gasteiger partial charge in [-0.05, 0) is 37.3 Å². The highest BCUT2D eigenvalue weighted by Crippen LogP contribution is 2.36. The fourth-order valence-electron chi connectivity index (χ4n) is 3.46. The van der Waals surface area contributed by atoms with Crippen molar-refractivity contribution in [3.8, 4) is 5.75 Å². The zero-order chi connectivity index (χ0) is 20.4. The van der Waals surface area contributed by atoms with Crippen molar-refractivity contribution in [1.29, 1.82) is 0 Å². The molecule has 5 heteroatoms. The largest absolute Gasteiger partial charge is 0.505 e. The van der Waals surface area contributed by atoms with Gasteiger partial charge in [-0.25, -0.2) is 9.97 Å². The Morgan fingerprint density at radius 1 is 0.966 bits per heavy atom. The maximum atomic E-state index is 11.1. The van der Waals surface area contributed by atoms with Gasteiger partial charge in [-0.3, -0.25) is 5.32 Å². The molecule has 4 rings (SSSR count). The molecule has 146 valence electrons. The van der Waals surface area contributed by atoms with Crippen molar-refractivity contribution in [2.75, 3.05) is 24.3 Å². The van der Waals surface area contributed by atoms with Crippen molar-refractivity contribution in [3.05, 3.63) is 89.7 Å². The predicted molar refractivity (Wildman–Crippen MR) is 117 cm³/mol. The minimum atomic E-state index is -0.239. The first-order chi connectivity index (χ1) is 14.0. The number of hydrogen-bond donors (Lipinski definition) is 2. The van der Waals surface area contributed by atoms with Gasteiger partial charge in [0.1, 0.15) is 17.3 Å². The molecule has 0 bridgehead atoms. The highest BCUT2D eigenvalue weighted by molar-refractivity contribution is 5.86. The summed E-state index contributed by atoms with van der Waals surface area (Å²) in [4.78, 5) is 9.85. The van der Waals surface area contributed by atoms with Crippen molar-refractivity contribution in [2.45, 2.75) is 13.0 Å². The summed E-state index contributed by atoms with van der Waals surface area (Å²) in [6, 6.07) is 21.9. The molecular weight excluding hydrogens is 360 g/mol. The van der Waals surface area contributed by atoms with Crippen LogP contribution in [0.5, 0.6) is 5.75 Å². The summed E-state index contributed by atoms with van der Waals surface area (Å²) in [5, 5.41) is 15.6. The van der Waals surface area contributed by atoms with E-state index in [1.807, 2.05) is 69.7 Å². The summed E-state index contributed by atoms with van der Waals surface area (Å²) in [5.41, 5.74) is 4.46. The topological polar surface area (TPSA) is 62.5 Å². The standard InChI is InChI=1S/C24H24N4O/c1-16-7-8-18-11-14-20(24(29)23(18)26-16)22(27-21-6-4-5-15-25-21)17-9-12-19(13-10-17)28(2)3/h4-15,22,29H,1-3H3,(H,25,27)/p+1/t22-/m1/s1. The molecule has 2 aromatic heterocycles. The molecule has 0 radical (unpaired) electrons. The summed E-state index contributed by atoms with van der Waals surface area (Å²) in [7, 11) is 4.04. The van der Waals surface area contributed by atoms with Gasteiger partial charge in [0, 0.05) is 48.1 Å². The number of rotatable bonds is 5. The van der Waals surface area contributed by atoms with Crippen molar-refractivity contribution in [2.24, 2.45) is 0 Å². The summed E-state index contributed by atoms with van der Waals surface area (Å²) in [5.74, 6) is 1.07. The number of benzene rings is 2. The monoisotopic (exact) mass is 385 g/mol. The van der Waals surface area contributed by atoms with Gasteiger partial charge in [0.2, 0.25) is 0 Å². The van der Waals surface area contributed by atoms with E-state index in [-0.39, 0.29) is 11.8 Å². The highest BCUT2D eigenvalue weighted by atomic mass is 16.3. The minimum Gasteiger partial charge on any atom is -0.505 e. The predicted octanol–water partition coefficient (Wildman–Crippen LogP) is 4.33. The Balaban J connectivity index is 1.83. The molecule has 2 aromatic carbocycles. The van der Waals surface area contributed by atoms with E-state index in [1.54, 1.807) is 0 Å². The average molecular weight is 385 g/mol. The van der Waals surface area contributed by atoms with Crippen LogP contribution in [0.15, 0.2) is 72.9 Å². The molecule has 0 fully saturated rings. The molecule has 0 saturated heterocycles. The third-order valence-corrected chi connectivity index (χ3v) is 5.07. The lowest BCUT2D eigenvalue weighted by Crippen LogP contribution is -2.19. The SMILES string of the molecule is Cc1ccc2ccc([C@H](Nc3cccc[nH+]3)c3ccc(N(C)C)cc3)c(O)c2n1. The Bertz CT molecular complexity index is 1120. The van der Waals surface area contributed by atoms with Crippen molar-refractivity contribution in [3.63, 3.8) is 0 Å². The molecule has 0 unspecified atom stereocenters. The second kappa shape index (κ2) is 7.80. The molecule has 0 amide bonds. The van der Waals surface area contributed by atoms with E-state index in [0.29, 0.717) is 5.52 Å². The Hall–Kier alpha value is -3.60. The number of hydrogen-bond acceptors (Lipinski definition) is 4. The smallest absolute Gasteiger partial charge is 0.272 e. The third-order valence-electron chi connectivity index (χ3n) is 5.07. The Kier molecular flexibility index (Phi) is 5.04. The normalized spacial score (nSPS) is 12.0. The van der Waals surface area contributed by atoms with Crippen LogP contribution in [0.4, 0.5) is 11.5 Å². The summed E-state index contributed by atoms with van der Waals surface area (Å²) >= 11 is 0. The molecule has 0 saturated carbocycles. The van der Waals surface area contributed by atoms with Gasteiger partial charge >= 0.3 is 0 Å². The molecule has 0 spiro atoms. The molecule has 5 nitrogen and oxygen atoms in total. The maximum Gasteiger partial charge on any atom is 0.272 e. The second-order valence-corrected chi connectivity index (χ2v) is 7.37. The van der Waals surface area contributed by atoms with E-state index in [0.717, 1.165) is 33.7 Å². The lowest BCUT2D eigenvalue weighted by Gasteiger charge is -2.19. The van der Waals surface area contributed by atoms with Crippen LogP contribution in [-0.4, -0.2) is 24.2 Å². The average Bonchev–Trinajstić information content (AvgIpc) is 2.74. The summed E-state index contributed by atoms with van der Waals surface area (Å²) in [6.45, 7) is 1.93. The zero-order valence-corrected chi connectivity index (χ0v) is 16.8. The van der Waals surface area contributed by atoms with Crippen LogP contribution in [0.25, 0.3) is 10.9 Å². The van der Waals surface area contributed by atoms with E-state index in [9.17, 15) is 5.11 Å². The number of nitrogens with one attached hydrogen (secondary N) is 2. The number of aromatic amines is 1. The van der Waals surface area contributed by atoms with Crippen molar-refractivity contribution < 1.29 is 10.1 Å². The molecule has 2 heterocycles. The number of fused-ring (bicyclic) bond motifs is 1. The highest BCUT2D eigenvalue weighted by Gasteiger charge is 2.24. The van der Waals surface area contributed by atoms with Crippen LogP contribution in [-0.2, 0) is 0 Å². The van der Waals surface area contributed by atoms with Gasteiger partial charge in [0.05, 0.1) is 6.20 Å². The second-order valence-electron chi connectivity index (χ2n) is 7.37. The minimum absolute atomic E-state index is 0.205. The first kappa shape index (κ1) is 18.7. The van der Waals surface area contributed by atoms with Gasteiger partial charge < -0.3 is 10.0 Å². The van der Waals surface area contributed by atoms with E-state index in [4.69, 9.17) is 0 Å². The van der Waals surface area contributed by atoms with E-state index in [1.165, 1.54) is 0 Å². The third kappa shape index (κ3) is 3.85. The zero-order valence-electron chi connectivity index (χ0n) is 16.8. The van der Waals surface area contributed by atoms with Gasteiger partial charge in [-0.15, -0.1) is 0 Å². The summed E-state index contributed by atoms with van der Waals surface area (Å²) < 4.78 is 0. The van der Waals surface area contributed by atoms with E-state index >= 15 is 0 Å². The van der Waals surface area contributed by atoms with Gasteiger partial charge in [0.15, 0.2) is 0 Å². The Labute approximate surface area is 170 Å². The van der Waals surface area contributed by atoms with Crippen LogP contribution >= 0.6 is 0 Å². The molecular formula is C24H25N4O+. The van der Waals surface area contributed by atoms with Crippen LogP contribution in [0.1, 0.15) is 22.9 Å². The van der Waals surface area contributed by atoms with E-state index in [2.05, 4.69) is 44.5 Å². The molecule has 0 aliphatic carbocycles. The van der Waals surface area contributed by atoms with E-state index < -0.39 is 0 Å². The molecule has 29 heavy (non-hydrogen) atoms.